The van der Waals surface area contributed by atoms with E-state index in [9.17, 15) is 0 Å². The second-order valence-corrected chi connectivity index (χ2v) is 3.32. The average molecular weight is 165 g/mol. The standard InChI is InChI=1S/C11H19N/c1-4-11(6-5-9-12)8-7-10(2)3/h4-6,9-10,12H,7-8H2,1-3H3/b6-5-,11-4-,12-9?. The van der Waals surface area contributed by atoms with Gasteiger partial charge in [0.05, 0.1) is 0 Å². The number of rotatable bonds is 5. The minimum Gasteiger partial charge on any atom is -0.309 e. The fraction of sp³-hybridized carbons (Fsp3) is 0.545. The molecule has 1 heteroatoms. The van der Waals surface area contributed by atoms with Crippen LogP contribution < -0.4 is 0 Å². The Hall–Kier alpha value is -0.850. The second-order valence-electron chi connectivity index (χ2n) is 3.32. The van der Waals surface area contributed by atoms with Crippen LogP contribution in [0.25, 0.3) is 0 Å². The molecule has 0 saturated carbocycles. The second kappa shape index (κ2) is 6.84. The van der Waals surface area contributed by atoms with Crippen molar-refractivity contribution in [2.24, 2.45) is 5.92 Å². The Morgan fingerprint density at radius 3 is 2.50 bits per heavy atom. The van der Waals surface area contributed by atoms with E-state index < -0.39 is 0 Å². The summed E-state index contributed by atoms with van der Waals surface area (Å²) >= 11 is 0. The van der Waals surface area contributed by atoms with Crippen LogP contribution in [-0.4, -0.2) is 6.21 Å². The molecule has 0 fully saturated rings. The van der Waals surface area contributed by atoms with E-state index >= 15 is 0 Å². The molecule has 0 heterocycles. The Balaban J connectivity index is 3.85. The van der Waals surface area contributed by atoms with Crippen LogP contribution in [0.3, 0.4) is 0 Å². The van der Waals surface area contributed by atoms with Gasteiger partial charge in [0.2, 0.25) is 0 Å². The molecule has 0 aliphatic rings. The van der Waals surface area contributed by atoms with Gasteiger partial charge in [-0.2, -0.15) is 0 Å². The molecule has 12 heavy (non-hydrogen) atoms. The first-order valence-electron chi connectivity index (χ1n) is 4.53. The first-order valence-corrected chi connectivity index (χ1v) is 4.53. The third-order valence-corrected chi connectivity index (χ3v) is 1.79. The van der Waals surface area contributed by atoms with E-state index in [-0.39, 0.29) is 0 Å². The molecular formula is C11H19N. The fourth-order valence-electron chi connectivity index (χ4n) is 0.951. The largest absolute Gasteiger partial charge is 0.309 e. The van der Waals surface area contributed by atoms with E-state index in [0.29, 0.717) is 0 Å². The Morgan fingerprint density at radius 1 is 1.42 bits per heavy atom. The van der Waals surface area contributed by atoms with E-state index in [2.05, 4.69) is 19.9 Å². The van der Waals surface area contributed by atoms with Crippen molar-refractivity contribution in [1.29, 1.82) is 5.41 Å². The lowest BCUT2D eigenvalue weighted by Gasteiger charge is -2.04. The average Bonchev–Trinajstić information content (AvgIpc) is 2.05. The van der Waals surface area contributed by atoms with Crippen LogP contribution in [0.1, 0.15) is 33.6 Å². The van der Waals surface area contributed by atoms with Crippen molar-refractivity contribution in [2.75, 3.05) is 0 Å². The van der Waals surface area contributed by atoms with Gasteiger partial charge in [-0.25, -0.2) is 0 Å². The summed E-state index contributed by atoms with van der Waals surface area (Å²) < 4.78 is 0. The summed E-state index contributed by atoms with van der Waals surface area (Å²) in [5.41, 5.74) is 1.33. The van der Waals surface area contributed by atoms with Gasteiger partial charge in [0.15, 0.2) is 0 Å². The number of hydrogen-bond donors (Lipinski definition) is 1. The van der Waals surface area contributed by atoms with E-state index in [1.807, 2.05) is 13.0 Å². The number of hydrogen-bond acceptors (Lipinski definition) is 1. The smallest absolute Gasteiger partial charge is 0.0177 e. The molecule has 0 aliphatic carbocycles. The molecule has 0 aromatic carbocycles. The summed E-state index contributed by atoms with van der Waals surface area (Å²) in [6.45, 7) is 6.51. The quantitative estimate of drug-likeness (QED) is 0.475. The summed E-state index contributed by atoms with van der Waals surface area (Å²) in [6, 6.07) is 0. The number of nitrogens with one attached hydrogen (secondary N) is 1. The highest BCUT2D eigenvalue weighted by molar-refractivity contribution is 5.68. The molecule has 0 spiro atoms. The lowest BCUT2D eigenvalue weighted by atomic mass is 10.0. The molecule has 0 bridgehead atoms. The third kappa shape index (κ3) is 5.90. The maximum absolute atomic E-state index is 6.85. The molecule has 1 N–H and O–H groups in total. The van der Waals surface area contributed by atoms with Gasteiger partial charge in [0.1, 0.15) is 0 Å². The van der Waals surface area contributed by atoms with E-state index in [0.717, 1.165) is 12.3 Å². The van der Waals surface area contributed by atoms with Gasteiger partial charge >= 0.3 is 0 Å². The lowest BCUT2D eigenvalue weighted by Crippen LogP contribution is -1.88. The van der Waals surface area contributed by atoms with E-state index in [1.165, 1.54) is 18.2 Å². The van der Waals surface area contributed by atoms with Crippen molar-refractivity contribution in [3.05, 3.63) is 23.8 Å². The zero-order chi connectivity index (χ0) is 9.40. The Kier molecular flexibility index (Phi) is 6.35. The Morgan fingerprint density at radius 2 is 2.08 bits per heavy atom. The molecule has 0 unspecified atom stereocenters. The molecule has 0 aliphatic heterocycles. The van der Waals surface area contributed by atoms with Gasteiger partial charge in [-0.05, 0) is 31.8 Å². The summed E-state index contributed by atoms with van der Waals surface area (Å²) in [5, 5.41) is 6.85. The van der Waals surface area contributed by atoms with Gasteiger partial charge in [-0.1, -0.05) is 31.6 Å². The van der Waals surface area contributed by atoms with Crippen LogP contribution in [0.5, 0.6) is 0 Å². The maximum atomic E-state index is 6.85. The molecule has 0 rings (SSSR count). The van der Waals surface area contributed by atoms with E-state index in [1.54, 1.807) is 6.08 Å². The van der Waals surface area contributed by atoms with Crippen LogP contribution in [0, 0.1) is 11.3 Å². The van der Waals surface area contributed by atoms with Crippen LogP contribution in [0.2, 0.25) is 0 Å². The Bertz CT molecular complexity index is 175. The van der Waals surface area contributed by atoms with Crippen molar-refractivity contribution in [1.82, 2.24) is 0 Å². The lowest BCUT2D eigenvalue weighted by molar-refractivity contribution is 0.588. The minimum absolute atomic E-state index is 0.758. The SMILES string of the molecule is C/C=C(/C=C\C=N)CCC(C)C. The predicted molar refractivity (Wildman–Crippen MR) is 55.8 cm³/mol. The normalized spacial score (nSPS) is 12.8. The number of allylic oxidation sites excluding steroid dienone is 4. The van der Waals surface area contributed by atoms with Gasteiger partial charge < -0.3 is 5.41 Å². The van der Waals surface area contributed by atoms with Crippen LogP contribution in [0.4, 0.5) is 0 Å². The summed E-state index contributed by atoms with van der Waals surface area (Å²) in [5.74, 6) is 0.758. The van der Waals surface area contributed by atoms with Crippen molar-refractivity contribution in [3.63, 3.8) is 0 Å². The zero-order valence-corrected chi connectivity index (χ0v) is 8.30. The highest BCUT2D eigenvalue weighted by atomic mass is 14.3. The van der Waals surface area contributed by atoms with Crippen LogP contribution >= 0.6 is 0 Å². The first kappa shape index (κ1) is 11.2. The molecule has 1 nitrogen and oxygen atoms in total. The first-order chi connectivity index (χ1) is 5.70. The molecule has 0 saturated heterocycles. The summed E-state index contributed by atoms with van der Waals surface area (Å²) in [7, 11) is 0. The zero-order valence-electron chi connectivity index (χ0n) is 8.30. The van der Waals surface area contributed by atoms with Crippen molar-refractivity contribution >= 4 is 6.21 Å². The van der Waals surface area contributed by atoms with E-state index in [4.69, 9.17) is 5.41 Å². The molecule has 0 radical (unpaired) electrons. The van der Waals surface area contributed by atoms with Gasteiger partial charge in [-0.3, -0.25) is 0 Å². The topological polar surface area (TPSA) is 23.9 Å². The Labute approximate surface area is 75.7 Å². The molecule has 0 aromatic rings. The van der Waals surface area contributed by atoms with Crippen molar-refractivity contribution < 1.29 is 0 Å². The van der Waals surface area contributed by atoms with Crippen LogP contribution in [0.15, 0.2) is 23.8 Å². The molecule has 0 amide bonds. The van der Waals surface area contributed by atoms with Crippen LogP contribution in [-0.2, 0) is 0 Å². The molecular weight excluding hydrogens is 146 g/mol. The maximum Gasteiger partial charge on any atom is 0.0177 e. The van der Waals surface area contributed by atoms with Crippen molar-refractivity contribution in [3.8, 4) is 0 Å². The predicted octanol–water partition coefficient (Wildman–Crippen LogP) is 3.57. The highest BCUT2D eigenvalue weighted by Crippen LogP contribution is 2.11. The summed E-state index contributed by atoms with van der Waals surface area (Å²) in [6.07, 6.45) is 9.56. The molecule has 0 aromatic heterocycles. The highest BCUT2D eigenvalue weighted by Gasteiger charge is 1.95. The molecule has 68 valence electrons. The third-order valence-electron chi connectivity index (χ3n) is 1.79. The van der Waals surface area contributed by atoms with Gasteiger partial charge in [0, 0.05) is 6.21 Å². The van der Waals surface area contributed by atoms with Gasteiger partial charge in [-0.15, -0.1) is 0 Å². The molecule has 0 atom stereocenters. The fourth-order valence-corrected chi connectivity index (χ4v) is 0.951. The minimum atomic E-state index is 0.758. The van der Waals surface area contributed by atoms with Gasteiger partial charge in [0.25, 0.3) is 0 Å². The summed E-state index contributed by atoms with van der Waals surface area (Å²) in [4.78, 5) is 0. The monoisotopic (exact) mass is 165 g/mol. The van der Waals surface area contributed by atoms with Crippen molar-refractivity contribution in [2.45, 2.75) is 33.6 Å².